The molecule has 1 aliphatic heterocycles. The van der Waals surface area contributed by atoms with Gasteiger partial charge in [0.2, 0.25) is 15.0 Å². The van der Waals surface area contributed by atoms with Crippen LogP contribution in [0, 0.1) is 0 Å². The summed E-state index contributed by atoms with van der Waals surface area (Å²) in [5.41, 5.74) is 2.16. The Bertz CT molecular complexity index is 553. The lowest BCUT2D eigenvalue weighted by molar-refractivity contribution is -0.116. The SMILES string of the molecule is CC1C(=O)Nc2ccc(CS(=O)(=O)Cl)cc21. The Morgan fingerprint density at radius 2 is 2.12 bits per heavy atom. The summed E-state index contributed by atoms with van der Waals surface area (Å²) in [7, 11) is 1.61. The van der Waals surface area contributed by atoms with Crippen molar-refractivity contribution in [3.05, 3.63) is 29.3 Å². The summed E-state index contributed by atoms with van der Waals surface area (Å²) in [6.45, 7) is 1.78. The van der Waals surface area contributed by atoms with Gasteiger partial charge in [0, 0.05) is 16.4 Å². The van der Waals surface area contributed by atoms with Crippen LogP contribution in [0.2, 0.25) is 0 Å². The highest BCUT2D eigenvalue weighted by atomic mass is 35.7. The first-order valence-corrected chi connectivity index (χ1v) is 7.21. The van der Waals surface area contributed by atoms with Crippen molar-refractivity contribution in [1.29, 1.82) is 0 Å². The molecule has 1 atom stereocenters. The number of carbonyl (C=O) groups excluding carboxylic acids is 1. The highest BCUT2D eigenvalue weighted by Crippen LogP contribution is 2.33. The van der Waals surface area contributed by atoms with Gasteiger partial charge in [0.25, 0.3) is 0 Å². The van der Waals surface area contributed by atoms with Crippen LogP contribution in [0.15, 0.2) is 18.2 Å². The summed E-state index contributed by atoms with van der Waals surface area (Å²) < 4.78 is 21.9. The van der Waals surface area contributed by atoms with Gasteiger partial charge in [0.05, 0.1) is 11.7 Å². The molecule has 86 valence electrons. The van der Waals surface area contributed by atoms with Gasteiger partial charge in [-0.25, -0.2) is 8.42 Å². The third kappa shape index (κ3) is 2.20. The van der Waals surface area contributed by atoms with Crippen molar-refractivity contribution in [3.8, 4) is 0 Å². The zero-order valence-electron chi connectivity index (χ0n) is 8.53. The molecular weight excluding hydrogens is 250 g/mol. The molecule has 0 aromatic heterocycles. The summed E-state index contributed by atoms with van der Waals surface area (Å²) in [6.07, 6.45) is 0. The van der Waals surface area contributed by atoms with Gasteiger partial charge >= 0.3 is 0 Å². The largest absolute Gasteiger partial charge is 0.325 e. The molecule has 2 rings (SSSR count). The quantitative estimate of drug-likeness (QED) is 0.824. The molecule has 0 aliphatic carbocycles. The molecule has 16 heavy (non-hydrogen) atoms. The number of halogens is 1. The Balaban J connectivity index is 2.38. The molecule has 1 aromatic carbocycles. The van der Waals surface area contributed by atoms with Crippen LogP contribution < -0.4 is 5.32 Å². The van der Waals surface area contributed by atoms with Crippen molar-refractivity contribution < 1.29 is 13.2 Å². The molecule has 1 amide bonds. The molecule has 0 fully saturated rings. The monoisotopic (exact) mass is 259 g/mol. The zero-order chi connectivity index (χ0) is 11.9. The minimum absolute atomic E-state index is 0.0686. The third-order valence-corrected chi connectivity index (χ3v) is 3.58. The second kappa shape index (κ2) is 3.75. The van der Waals surface area contributed by atoms with E-state index in [9.17, 15) is 13.2 Å². The van der Waals surface area contributed by atoms with Crippen molar-refractivity contribution in [2.75, 3.05) is 5.32 Å². The van der Waals surface area contributed by atoms with E-state index in [0.29, 0.717) is 5.56 Å². The van der Waals surface area contributed by atoms with E-state index in [1.54, 1.807) is 25.1 Å². The fraction of sp³-hybridized carbons (Fsp3) is 0.300. The van der Waals surface area contributed by atoms with Crippen LogP contribution in [0.1, 0.15) is 24.0 Å². The van der Waals surface area contributed by atoms with Gasteiger partial charge in [0.15, 0.2) is 0 Å². The maximum atomic E-state index is 11.4. The van der Waals surface area contributed by atoms with E-state index in [0.717, 1.165) is 11.3 Å². The van der Waals surface area contributed by atoms with Gasteiger partial charge in [-0.3, -0.25) is 4.79 Å². The van der Waals surface area contributed by atoms with Gasteiger partial charge < -0.3 is 5.32 Å². The van der Waals surface area contributed by atoms with Crippen LogP contribution in [0.3, 0.4) is 0 Å². The van der Waals surface area contributed by atoms with Crippen molar-refractivity contribution in [2.45, 2.75) is 18.6 Å². The summed E-state index contributed by atoms with van der Waals surface area (Å²) in [5, 5.41) is 2.72. The van der Waals surface area contributed by atoms with Crippen LogP contribution in [0.5, 0.6) is 0 Å². The number of hydrogen-bond acceptors (Lipinski definition) is 3. The molecule has 0 saturated heterocycles. The van der Waals surface area contributed by atoms with E-state index < -0.39 is 9.05 Å². The summed E-state index contributed by atoms with van der Waals surface area (Å²) in [6, 6.07) is 5.06. The topological polar surface area (TPSA) is 63.2 Å². The Labute approximate surface area is 98.0 Å². The average molecular weight is 260 g/mol. The lowest BCUT2D eigenvalue weighted by atomic mass is 10.0. The second-order valence-corrected chi connectivity index (χ2v) is 6.59. The molecule has 1 N–H and O–H groups in total. The molecule has 1 unspecified atom stereocenters. The van der Waals surface area contributed by atoms with Crippen molar-refractivity contribution in [2.24, 2.45) is 0 Å². The van der Waals surface area contributed by atoms with E-state index in [-0.39, 0.29) is 17.6 Å². The Kier molecular flexibility index (Phi) is 2.67. The van der Waals surface area contributed by atoms with Gasteiger partial charge in [0.1, 0.15) is 0 Å². The average Bonchev–Trinajstić information content (AvgIpc) is 2.42. The maximum Gasteiger partial charge on any atom is 0.236 e. The summed E-state index contributed by atoms with van der Waals surface area (Å²) in [4.78, 5) is 11.4. The molecule has 6 heteroatoms. The first-order valence-electron chi connectivity index (χ1n) is 4.73. The molecule has 1 aromatic rings. The first kappa shape index (κ1) is 11.4. The molecule has 0 radical (unpaired) electrons. The van der Waals surface area contributed by atoms with Crippen LogP contribution in [-0.2, 0) is 19.6 Å². The number of nitrogens with one attached hydrogen (secondary N) is 1. The fourth-order valence-corrected chi connectivity index (χ4v) is 2.71. The number of amides is 1. The number of rotatable bonds is 2. The highest BCUT2D eigenvalue weighted by molar-refractivity contribution is 8.13. The molecule has 1 aliphatic rings. The predicted octanol–water partition coefficient (Wildman–Crippen LogP) is 1.81. The van der Waals surface area contributed by atoms with E-state index in [1.807, 2.05) is 0 Å². The van der Waals surface area contributed by atoms with Gasteiger partial charge in [-0.05, 0) is 24.1 Å². The number of fused-ring (bicyclic) bond motifs is 1. The van der Waals surface area contributed by atoms with Gasteiger partial charge in [-0.2, -0.15) is 0 Å². The first-order chi connectivity index (χ1) is 7.37. The number of benzene rings is 1. The Hall–Kier alpha value is -1.07. The maximum absolute atomic E-state index is 11.4. The van der Waals surface area contributed by atoms with Crippen LogP contribution in [0.25, 0.3) is 0 Å². The minimum atomic E-state index is -3.56. The van der Waals surface area contributed by atoms with Crippen molar-refractivity contribution >= 4 is 31.3 Å². The normalized spacial score (nSPS) is 19.4. The zero-order valence-corrected chi connectivity index (χ0v) is 10.1. The van der Waals surface area contributed by atoms with E-state index in [2.05, 4.69) is 5.32 Å². The highest BCUT2D eigenvalue weighted by Gasteiger charge is 2.26. The van der Waals surface area contributed by atoms with Gasteiger partial charge in [-0.15, -0.1) is 0 Å². The Morgan fingerprint density at radius 3 is 2.75 bits per heavy atom. The molecule has 1 heterocycles. The molecule has 4 nitrogen and oxygen atoms in total. The van der Waals surface area contributed by atoms with Crippen molar-refractivity contribution in [3.63, 3.8) is 0 Å². The fourth-order valence-electron chi connectivity index (χ4n) is 1.76. The lowest BCUT2D eigenvalue weighted by Gasteiger charge is -2.04. The summed E-state index contributed by atoms with van der Waals surface area (Å²) >= 11 is 0. The number of carbonyl (C=O) groups is 1. The smallest absolute Gasteiger partial charge is 0.236 e. The van der Waals surface area contributed by atoms with E-state index in [4.69, 9.17) is 10.7 Å². The molecule has 0 bridgehead atoms. The number of anilines is 1. The Morgan fingerprint density at radius 1 is 1.44 bits per heavy atom. The van der Waals surface area contributed by atoms with Crippen LogP contribution in [-0.4, -0.2) is 14.3 Å². The second-order valence-electron chi connectivity index (χ2n) is 3.82. The predicted molar refractivity (Wildman–Crippen MR) is 62.0 cm³/mol. The van der Waals surface area contributed by atoms with Crippen LogP contribution >= 0.6 is 10.7 Å². The standard InChI is InChI=1S/C10H10ClNO3S/c1-6-8-4-7(5-16(11,14)15)2-3-9(8)12-10(6)13/h2-4,6H,5H2,1H3,(H,12,13). The van der Waals surface area contributed by atoms with Crippen molar-refractivity contribution in [1.82, 2.24) is 0 Å². The minimum Gasteiger partial charge on any atom is -0.325 e. The third-order valence-electron chi connectivity index (χ3n) is 2.57. The number of hydrogen-bond donors (Lipinski definition) is 1. The molecular formula is C10H10ClNO3S. The van der Waals surface area contributed by atoms with Crippen LogP contribution in [0.4, 0.5) is 5.69 Å². The molecule has 0 spiro atoms. The summed E-state index contributed by atoms with van der Waals surface area (Å²) in [5.74, 6) is -0.531. The van der Waals surface area contributed by atoms with E-state index in [1.165, 1.54) is 0 Å². The lowest BCUT2D eigenvalue weighted by Crippen LogP contribution is -2.08. The van der Waals surface area contributed by atoms with E-state index >= 15 is 0 Å². The van der Waals surface area contributed by atoms with Gasteiger partial charge in [-0.1, -0.05) is 12.1 Å². The molecule has 0 saturated carbocycles.